The van der Waals surface area contributed by atoms with E-state index in [9.17, 15) is 4.79 Å². The topological polar surface area (TPSA) is 43.6 Å². The van der Waals surface area contributed by atoms with E-state index in [1.165, 1.54) is 11.2 Å². The van der Waals surface area contributed by atoms with Gasteiger partial charge in [-0.25, -0.2) is 4.79 Å². The molecule has 2 heterocycles. The first kappa shape index (κ1) is 11.7. The molecule has 0 radical (unpaired) electrons. The second-order valence-electron chi connectivity index (χ2n) is 5.81. The Morgan fingerprint density at radius 3 is 3.00 bits per heavy atom. The van der Waals surface area contributed by atoms with Gasteiger partial charge in [0.2, 0.25) is 0 Å². The van der Waals surface area contributed by atoms with Gasteiger partial charge >= 0.3 is 6.09 Å². The van der Waals surface area contributed by atoms with E-state index in [0.717, 1.165) is 35.9 Å². The molecule has 1 unspecified atom stereocenters. The number of carbonyl (C=O) groups excluding carboxylic acids is 1. The van der Waals surface area contributed by atoms with Crippen molar-refractivity contribution < 1.29 is 9.53 Å². The molecule has 1 amide bonds. The van der Waals surface area contributed by atoms with Gasteiger partial charge in [0, 0.05) is 29.2 Å². The molecule has 1 atom stereocenters. The molecule has 1 aromatic heterocycles. The van der Waals surface area contributed by atoms with E-state index in [1.54, 1.807) is 0 Å². The highest BCUT2D eigenvalue weighted by Gasteiger charge is 2.44. The molecule has 1 aliphatic carbocycles. The number of amides is 1. The predicted molar refractivity (Wildman–Crippen MR) is 77.3 cm³/mol. The summed E-state index contributed by atoms with van der Waals surface area (Å²) >= 11 is 0. The Morgan fingerprint density at radius 1 is 1.35 bits per heavy atom. The summed E-state index contributed by atoms with van der Waals surface area (Å²) in [6, 6.07) is 8.28. The van der Waals surface area contributed by atoms with Crippen molar-refractivity contribution in [3.05, 3.63) is 35.5 Å². The molecule has 0 saturated carbocycles. The summed E-state index contributed by atoms with van der Waals surface area (Å²) in [5, 5.41) is 1.16. The van der Waals surface area contributed by atoms with Crippen LogP contribution in [-0.4, -0.2) is 22.0 Å². The molecule has 0 spiro atoms. The molecule has 4 heteroatoms. The third-order valence-electron chi connectivity index (χ3n) is 4.55. The number of carbonyl (C=O) groups is 1. The number of benzene rings is 1. The van der Waals surface area contributed by atoms with E-state index < -0.39 is 11.7 Å². The lowest BCUT2D eigenvalue weighted by Crippen LogP contribution is -2.34. The Labute approximate surface area is 117 Å². The Balaban J connectivity index is 2.11. The van der Waals surface area contributed by atoms with Crippen LogP contribution in [0, 0.1) is 0 Å². The first-order valence-corrected chi connectivity index (χ1v) is 6.99. The van der Waals surface area contributed by atoms with Crippen molar-refractivity contribution in [3.63, 3.8) is 0 Å². The Hall–Kier alpha value is -2.10. The highest BCUT2D eigenvalue weighted by molar-refractivity contribution is 6.21. The second-order valence-corrected chi connectivity index (χ2v) is 5.81. The van der Waals surface area contributed by atoms with Gasteiger partial charge in [-0.05, 0) is 32.3 Å². The fourth-order valence-electron chi connectivity index (χ4n) is 3.56. The van der Waals surface area contributed by atoms with Gasteiger partial charge in [-0.2, -0.15) is 4.99 Å². The number of fused-ring (bicyclic) bond motifs is 5. The SMILES string of the molecule is Cn1c2c(c3ccccc31)C1=NC(=O)OC1(C)CCC2. The molecule has 20 heavy (non-hydrogen) atoms. The molecule has 4 nitrogen and oxygen atoms in total. The van der Waals surface area contributed by atoms with Crippen molar-refractivity contribution in [2.24, 2.45) is 12.0 Å². The van der Waals surface area contributed by atoms with E-state index in [1.807, 2.05) is 19.1 Å². The Bertz CT molecular complexity index is 772. The summed E-state index contributed by atoms with van der Waals surface area (Å²) in [4.78, 5) is 15.9. The van der Waals surface area contributed by atoms with Crippen LogP contribution in [0.5, 0.6) is 0 Å². The summed E-state index contributed by atoms with van der Waals surface area (Å²) in [5.74, 6) is 0. The third kappa shape index (κ3) is 1.36. The van der Waals surface area contributed by atoms with Crippen molar-refractivity contribution in [2.45, 2.75) is 31.8 Å². The number of hydrogen-bond donors (Lipinski definition) is 0. The summed E-state index contributed by atoms with van der Waals surface area (Å²) in [7, 11) is 2.09. The van der Waals surface area contributed by atoms with Gasteiger partial charge in [0.15, 0.2) is 5.60 Å². The fraction of sp³-hybridized carbons (Fsp3) is 0.375. The van der Waals surface area contributed by atoms with Gasteiger partial charge in [0.05, 0.1) is 0 Å². The number of aryl methyl sites for hydroxylation is 1. The number of nitrogens with zero attached hydrogens (tertiary/aromatic N) is 2. The van der Waals surface area contributed by atoms with Gasteiger partial charge < -0.3 is 9.30 Å². The monoisotopic (exact) mass is 268 g/mol. The number of aliphatic imine (C=N–C) groups is 1. The summed E-state index contributed by atoms with van der Waals surface area (Å²) in [6.45, 7) is 1.98. The molecular weight excluding hydrogens is 252 g/mol. The fourth-order valence-corrected chi connectivity index (χ4v) is 3.56. The minimum atomic E-state index is -0.563. The standard InChI is InChI=1S/C16H16N2O2/c1-16-9-5-8-12-13(14(16)17-15(19)20-16)10-6-3-4-7-11(10)18(12)2/h3-4,6-7H,5,8-9H2,1-2H3. The van der Waals surface area contributed by atoms with E-state index in [4.69, 9.17) is 4.74 Å². The van der Waals surface area contributed by atoms with Gasteiger partial charge in [-0.3, -0.25) is 0 Å². The minimum absolute atomic E-state index is 0.455. The first-order valence-electron chi connectivity index (χ1n) is 6.99. The summed E-state index contributed by atoms with van der Waals surface area (Å²) < 4.78 is 7.72. The van der Waals surface area contributed by atoms with Gasteiger partial charge in [0.1, 0.15) is 5.71 Å². The maximum absolute atomic E-state index is 11.7. The first-order chi connectivity index (χ1) is 9.60. The largest absolute Gasteiger partial charge is 0.435 e. The van der Waals surface area contributed by atoms with Crippen molar-refractivity contribution in [2.75, 3.05) is 0 Å². The molecule has 2 aliphatic rings. The summed E-state index contributed by atoms with van der Waals surface area (Å²) in [5.41, 5.74) is 3.79. The molecule has 0 bridgehead atoms. The smallest absolute Gasteiger partial charge is 0.434 e. The number of para-hydroxylation sites is 1. The quantitative estimate of drug-likeness (QED) is 0.736. The lowest BCUT2D eigenvalue weighted by molar-refractivity contribution is 0.0879. The number of ether oxygens (including phenoxy) is 1. The molecule has 4 rings (SSSR count). The molecule has 102 valence electrons. The average Bonchev–Trinajstić information content (AvgIpc) is 2.81. The maximum atomic E-state index is 11.7. The highest BCUT2D eigenvalue weighted by Crippen LogP contribution is 2.39. The van der Waals surface area contributed by atoms with E-state index in [2.05, 4.69) is 28.7 Å². The molecule has 2 aromatic rings. The van der Waals surface area contributed by atoms with Crippen LogP contribution in [0.4, 0.5) is 4.79 Å². The molecular formula is C16H16N2O2. The van der Waals surface area contributed by atoms with Crippen molar-refractivity contribution in [1.82, 2.24) is 4.57 Å². The zero-order valence-corrected chi connectivity index (χ0v) is 11.6. The van der Waals surface area contributed by atoms with Crippen molar-refractivity contribution in [3.8, 4) is 0 Å². The molecule has 1 aliphatic heterocycles. The van der Waals surface area contributed by atoms with Gasteiger partial charge in [-0.15, -0.1) is 0 Å². The third-order valence-corrected chi connectivity index (χ3v) is 4.55. The number of rotatable bonds is 0. The average molecular weight is 268 g/mol. The van der Waals surface area contributed by atoms with Crippen LogP contribution in [0.15, 0.2) is 29.3 Å². The van der Waals surface area contributed by atoms with Crippen LogP contribution in [-0.2, 0) is 18.2 Å². The van der Waals surface area contributed by atoms with Gasteiger partial charge in [-0.1, -0.05) is 18.2 Å². The Morgan fingerprint density at radius 2 is 2.15 bits per heavy atom. The van der Waals surface area contributed by atoms with E-state index in [-0.39, 0.29) is 0 Å². The lowest BCUT2D eigenvalue weighted by atomic mass is 9.91. The zero-order valence-electron chi connectivity index (χ0n) is 11.6. The van der Waals surface area contributed by atoms with Crippen LogP contribution in [0.2, 0.25) is 0 Å². The van der Waals surface area contributed by atoms with Crippen molar-refractivity contribution >= 4 is 22.7 Å². The second kappa shape index (κ2) is 3.72. The number of aromatic nitrogens is 1. The van der Waals surface area contributed by atoms with Crippen LogP contribution >= 0.6 is 0 Å². The molecule has 1 aromatic carbocycles. The zero-order chi connectivity index (χ0) is 13.9. The molecule has 0 saturated heterocycles. The number of hydrogen-bond acceptors (Lipinski definition) is 2. The minimum Gasteiger partial charge on any atom is -0.435 e. The Kier molecular flexibility index (Phi) is 2.18. The van der Waals surface area contributed by atoms with E-state index in [0.29, 0.717) is 0 Å². The van der Waals surface area contributed by atoms with Crippen LogP contribution in [0.3, 0.4) is 0 Å². The van der Waals surface area contributed by atoms with Crippen molar-refractivity contribution in [1.29, 1.82) is 0 Å². The summed E-state index contributed by atoms with van der Waals surface area (Å²) in [6.07, 6.45) is 2.37. The molecule has 0 fully saturated rings. The van der Waals surface area contributed by atoms with Crippen LogP contribution in [0.1, 0.15) is 31.0 Å². The predicted octanol–water partition coefficient (Wildman–Crippen LogP) is 3.21. The van der Waals surface area contributed by atoms with Crippen LogP contribution in [0.25, 0.3) is 10.9 Å². The lowest BCUT2D eigenvalue weighted by Gasteiger charge is -2.22. The normalized spacial score (nSPS) is 24.9. The van der Waals surface area contributed by atoms with Crippen LogP contribution < -0.4 is 0 Å². The molecule has 0 N–H and O–H groups in total. The maximum Gasteiger partial charge on any atom is 0.434 e. The van der Waals surface area contributed by atoms with Gasteiger partial charge in [0.25, 0.3) is 0 Å². The highest BCUT2D eigenvalue weighted by atomic mass is 16.6. The van der Waals surface area contributed by atoms with E-state index >= 15 is 0 Å².